The maximum Gasteiger partial charge on any atom is 0.336 e. The molecule has 2 aromatic rings. The fourth-order valence-electron chi connectivity index (χ4n) is 4.18. The zero-order valence-electron chi connectivity index (χ0n) is 21.5. The van der Waals surface area contributed by atoms with Gasteiger partial charge in [0.15, 0.2) is 0 Å². The van der Waals surface area contributed by atoms with Crippen LogP contribution in [0.5, 0.6) is 0 Å². The highest BCUT2D eigenvalue weighted by molar-refractivity contribution is 6.09. The summed E-state index contributed by atoms with van der Waals surface area (Å²) in [6, 6.07) is 14.3. The number of hydrogen-bond acceptors (Lipinski definition) is 6. The molecule has 1 aliphatic carbocycles. The molecule has 5 N–H and O–H groups in total. The van der Waals surface area contributed by atoms with Crippen molar-refractivity contribution >= 4 is 34.5 Å². The summed E-state index contributed by atoms with van der Waals surface area (Å²) in [4.78, 5) is 38.1. The first-order valence-corrected chi connectivity index (χ1v) is 11.8. The molecule has 1 amide bonds. The summed E-state index contributed by atoms with van der Waals surface area (Å²) in [5.41, 5.74) is 8.74. The van der Waals surface area contributed by atoms with Gasteiger partial charge in [-0.05, 0) is 42.0 Å². The van der Waals surface area contributed by atoms with Crippen molar-refractivity contribution in [2.24, 2.45) is 5.73 Å². The van der Waals surface area contributed by atoms with Gasteiger partial charge in [0.05, 0.1) is 11.6 Å². The number of anilines is 1. The lowest BCUT2D eigenvalue weighted by Gasteiger charge is -2.19. The highest BCUT2D eigenvalue weighted by atomic mass is 16.4. The lowest BCUT2D eigenvalue weighted by molar-refractivity contribution is -0.138. The minimum absolute atomic E-state index is 0.00552. The van der Waals surface area contributed by atoms with Gasteiger partial charge in [-0.15, -0.1) is 0 Å². The summed E-state index contributed by atoms with van der Waals surface area (Å²) < 4.78 is 8.24. The second-order valence-corrected chi connectivity index (χ2v) is 9.35. The van der Waals surface area contributed by atoms with Gasteiger partial charge in [0.2, 0.25) is 5.36 Å². The predicted molar refractivity (Wildman–Crippen MR) is 145 cm³/mol. The van der Waals surface area contributed by atoms with Crippen molar-refractivity contribution in [2.45, 2.75) is 6.04 Å². The topological polar surface area (TPSA) is 149 Å². The number of carboxylic acid groups (broad SMARTS) is 2. The molecule has 2 aromatic carbocycles. The average Bonchev–Trinajstić information content (AvgIpc) is 2.88. The van der Waals surface area contributed by atoms with Crippen molar-refractivity contribution in [3.63, 3.8) is 0 Å². The first kappa shape index (κ1) is 26.4. The Morgan fingerprint density at radius 3 is 2.37 bits per heavy atom. The minimum atomic E-state index is -1.27. The van der Waals surface area contributed by atoms with Crippen molar-refractivity contribution in [3.8, 4) is 22.5 Å². The first-order valence-electron chi connectivity index (χ1n) is 11.8. The second-order valence-electron chi connectivity index (χ2n) is 9.35. The van der Waals surface area contributed by atoms with Gasteiger partial charge in [-0.25, -0.2) is 9.37 Å². The number of fused-ring (bicyclic) bond motifs is 2. The van der Waals surface area contributed by atoms with E-state index < -0.39 is 23.9 Å². The molecule has 0 spiro atoms. The SMILES string of the molecule is CN(C)c1ccc2c(-c3cc(C(=O)NC[C@@H](N)C(=O)O)ccc3C(=O)O)c3ccc(=[N+](C)C)cc-3oc2c1. The molecule has 196 valence electrons. The summed E-state index contributed by atoms with van der Waals surface area (Å²) in [5, 5.41) is 23.1. The van der Waals surface area contributed by atoms with Crippen molar-refractivity contribution in [1.82, 2.24) is 9.89 Å². The van der Waals surface area contributed by atoms with Crippen LogP contribution in [-0.4, -0.2) is 68.8 Å². The van der Waals surface area contributed by atoms with E-state index in [0.29, 0.717) is 33.4 Å². The van der Waals surface area contributed by atoms with E-state index in [4.69, 9.17) is 15.3 Å². The van der Waals surface area contributed by atoms with Gasteiger partial charge in [0.25, 0.3) is 5.91 Å². The lowest BCUT2D eigenvalue weighted by atomic mass is 9.89. The number of benzene rings is 3. The summed E-state index contributed by atoms with van der Waals surface area (Å²) >= 11 is 0. The van der Waals surface area contributed by atoms with E-state index in [0.717, 1.165) is 11.0 Å². The van der Waals surface area contributed by atoms with E-state index in [-0.39, 0.29) is 17.7 Å². The number of rotatable bonds is 7. The van der Waals surface area contributed by atoms with Crippen LogP contribution in [0.3, 0.4) is 0 Å². The van der Waals surface area contributed by atoms with Crippen LogP contribution in [0, 0.1) is 0 Å². The molecule has 0 fully saturated rings. The summed E-state index contributed by atoms with van der Waals surface area (Å²) in [6.45, 7) is -0.277. The van der Waals surface area contributed by atoms with Crippen LogP contribution in [0.2, 0.25) is 0 Å². The van der Waals surface area contributed by atoms with E-state index in [1.165, 1.54) is 18.2 Å². The normalized spacial score (nSPS) is 11.8. The molecule has 10 nitrogen and oxygen atoms in total. The number of nitrogens with one attached hydrogen (secondary N) is 1. The minimum Gasteiger partial charge on any atom is -0.480 e. The third kappa shape index (κ3) is 5.07. The van der Waals surface area contributed by atoms with Crippen LogP contribution in [0.15, 0.2) is 59.0 Å². The molecule has 0 saturated carbocycles. The van der Waals surface area contributed by atoms with Crippen molar-refractivity contribution in [1.29, 1.82) is 0 Å². The smallest absolute Gasteiger partial charge is 0.336 e. The van der Waals surface area contributed by atoms with Gasteiger partial charge in [-0.3, -0.25) is 9.59 Å². The zero-order valence-corrected chi connectivity index (χ0v) is 21.5. The van der Waals surface area contributed by atoms with E-state index in [1.807, 2.05) is 74.1 Å². The number of nitrogens with zero attached hydrogens (tertiary/aromatic N) is 2. The molecular formula is C28H29N4O6+. The van der Waals surface area contributed by atoms with E-state index >= 15 is 0 Å². The van der Waals surface area contributed by atoms with Gasteiger partial charge in [-0.2, -0.15) is 0 Å². The maximum absolute atomic E-state index is 12.9. The lowest BCUT2D eigenvalue weighted by Crippen LogP contribution is -2.42. The Labute approximate surface area is 218 Å². The maximum atomic E-state index is 12.9. The van der Waals surface area contributed by atoms with Crippen LogP contribution in [0.1, 0.15) is 20.7 Å². The number of carboxylic acids is 2. The molecule has 0 unspecified atom stereocenters. The quantitative estimate of drug-likeness (QED) is 0.215. The fourth-order valence-corrected chi connectivity index (χ4v) is 4.18. The largest absolute Gasteiger partial charge is 0.480 e. The molecular weight excluding hydrogens is 488 g/mol. The van der Waals surface area contributed by atoms with Gasteiger partial charge in [0, 0.05) is 60.5 Å². The van der Waals surface area contributed by atoms with E-state index in [1.54, 1.807) is 0 Å². The van der Waals surface area contributed by atoms with Crippen LogP contribution >= 0.6 is 0 Å². The number of hydrogen-bond donors (Lipinski definition) is 4. The summed E-state index contributed by atoms with van der Waals surface area (Å²) in [5.74, 6) is -2.42. The number of aromatic carboxylic acids is 1. The second kappa shape index (κ2) is 10.3. The zero-order chi connectivity index (χ0) is 27.7. The average molecular weight is 518 g/mol. The number of nitrogens with two attached hydrogens (primary N) is 1. The Bertz CT molecular complexity index is 1620. The number of carbonyl (C=O) groups is 3. The monoisotopic (exact) mass is 517 g/mol. The molecule has 1 atom stereocenters. The molecule has 4 rings (SSSR count). The van der Waals surface area contributed by atoms with Crippen molar-refractivity contribution in [2.75, 3.05) is 39.6 Å². The Morgan fingerprint density at radius 2 is 1.74 bits per heavy atom. The fraction of sp³-hybridized carbons (Fsp3) is 0.214. The van der Waals surface area contributed by atoms with Crippen LogP contribution in [0.25, 0.3) is 33.4 Å². The number of carbonyl (C=O) groups excluding carboxylic acids is 1. The Balaban J connectivity index is 2.01. The molecule has 1 heterocycles. The number of amides is 1. The third-order valence-corrected chi connectivity index (χ3v) is 6.30. The van der Waals surface area contributed by atoms with Gasteiger partial charge in [-0.1, -0.05) is 0 Å². The standard InChI is InChI=1S/C28H28N4O6/c1-31(2)16-6-9-19-23(12-16)38-24-13-17(32(3)4)7-10-20(24)25(19)21-11-15(5-8-18(21)27(34)35)26(33)30-14-22(29)28(36)37/h5-13,22H,14,29H2,1-4H3,(H2-,30,33,34,35,36,37)/p+1/t22-/m1/s1. The highest BCUT2D eigenvalue weighted by Gasteiger charge is 2.24. The van der Waals surface area contributed by atoms with Gasteiger partial charge < -0.3 is 30.6 Å². The van der Waals surface area contributed by atoms with Crippen LogP contribution < -0.4 is 25.9 Å². The van der Waals surface area contributed by atoms with E-state index in [9.17, 15) is 19.5 Å². The molecule has 0 radical (unpaired) electrons. The molecule has 2 aliphatic rings. The van der Waals surface area contributed by atoms with Gasteiger partial charge >= 0.3 is 11.9 Å². The Morgan fingerprint density at radius 1 is 1.00 bits per heavy atom. The predicted octanol–water partition coefficient (Wildman–Crippen LogP) is 2.14. The number of aliphatic carboxylic acids is 1. The van der Waals surface area contributed by atoms with Gasteiger partial charge in [0.1, 0.15) is 31.5 Å². The van der Waals surface area contributed by atoms with Crippen LogP contribution in [-0.2, 0) is 4.79 Å². The van der Waals surface area contributed by atoms with Crippen molar-refractivity contribution < 1.29 is 29.0 Å². The Hall–Kier alpha value is -4.70. The van der Waals surface area contributed by atoms with E-state index in [2.05, 4.69) is 5.32 Å². The molecule has 10 heteroatoms. The summed E-state index contributed by atoms with van der Waals surface area (Å²) in [7, 11) is 7.64. The first-order chi connectivity index (χ1) is 18.0. The van der Waals surface area contributed by atoms with Crippen molar-refractivity contribution in [3.05, 3.63) is 71.1 Å². The molecule has 38 heavy (non-hydrogen) atoms. The van der Waals surface area contributed by atoms with Crippen LogP contribution in [0.4, 0.5) is 5.69 Å². The molecule has 1 aliphatic heterocycles. The Kier molecular flexibility index (Phi) is 7.18. The molecule has 0 aromatic heterocycles. The summed E-state index contributed by atoms with van der Waals surface area (Å²) in [6.07, 6.45) is 0. The highest BCUT2D eigenvalue weighted by Crippen LogP contribution is 2.42. The molecule has 0 saturated heterocycles. The third-order valence-electron chi connectivity index (χ3n) is 6.30. The molecule has 0 bridgehead atoms.